The summed E-state index contributed by atoms with van der Waals surface area (Å²) in [6, 6.07) is 9.36. The highest BCUT2D eigenvalue weighted by molar-refractivity contribution is 6.33. The molecule has 1 aliphatic rings. The quantitative estimate of drug-likeness (QED) is 0.690. The third kappa shape index (κ3) is 1.98. The fourth-order valence-electron chi connectivity index (χ4n) is 1.33. The highest BCUT2D eigenvalue weighted by atomic mass is 16.6. The zero-order valence-corrected chi connectivity index (χ0v) is 8.34. The Bertz CT molecular complexity index is 386. The summed E-state index contributed by atoms with van der Waals surface area (Å²) in [4.78, 5) is 15.3. The Morgan fingerprint density at radius 2 is 2.13 bits per heavy atom. The van der Waals surface area contributed by atoms with E-state index >= 15 is 0 Å². The van der Waals surface area contributed by atoms with Crippen LogP contribution < -0.4 is 0 Å². The van der Waals surface area contributed by atoms with Crippen LogP contribution in [0.15, 0.2) is 35.3 Å². The Balaban J connectivity index is 2.18. The molecule has 0 N–H and O–H groups in total. The standard InChI is InChI=1S/C11H11NO3/c1-2-14-10-11(13)15-9(12-10)8-6-4-3-5-7-8/h3-7,9H,2H2,1H3. The van der Waals surface area contributed by atoms with Crippen molar-refractivity contribution >= 4 is 11.9 Å². The maximum atomic E-state index is 11.3. The van der Waals surface area contributed by atoms with Crippen LogP contribution in [0.3, 0.4) is 0 Å². The molecule has 0 amide bonds. The molecular weight excluding hydrogens is 194 g/mol. The van der Waals surface area contributed by atoms with Crippen molar-refractivity contribution in [2.75, 3.05) is 6.61 Å². The SMILES string of the molecule is CCOC1=NC(c2ccccc2)OC1=O. The van der Waals surface area contributed by atoms with Crippen LogP contribution in [-0.4, -0.2) is 18.5 Å². The molecule has 0 saturated carbocycles. The van der Waals surface area contributed by atoms with Crippen LogP contribution in [0, 0.1) is 0 Å². The molecule has 0 saturated heterocycles. The number of hydrogen-bond donors (Lipinski definition) is 0. The summed E-state index contributed by atoms with van der Waals surface area (Å²) in [5.74, 6) is -0.433. The molecule has 0 bridgehead atoms. The first kappa shape index (κ1) is 9.71. The van der Waals surface area contributed by atoms with Gasteiger partial charge < -0.3 is 9.47 Å². The van der Waals surface area contributed by atoms with E-state index in [1.54, 1.807) is 6.92 Å². The fraction of sp³-hybridized carbons (Fsp3) is 0.273. The van der Waals surface area contributed by atoms with E-state index in [0.717, 1.165) is 5.56 Å². The predicted octanol–water partition coefficient (Wildman–Crippen LogP) is 1.68. The second-order valence-corrected chi connectivity index (χ2v) is 3.04. The number of carbonyl (C=O) groups is 1. The summed E-state index contributed by atoms with van der Waals surface area (Å²) in [5, 5.41) is 0. The Hall–Kier alpha value is -1.84. The number of carbonyl (C=O) groups excluding carboxylic acids is 1. The molecule has 0 aromatic heterocycles. The normalized spacial score (nSPS) is 19.7. The first-order valence-corrected chi connectivity index (χ1v) is 4.78. The van der Waals surface area contributed by atoms with Gasteiger partial charge in [-0.15, -0.1) is 0 Å². The molecule has 78 valence electrons. The van der Waals surface area contributed by atoms with E-state index in [-0.39, 0.29) is 5.90 Å². The van der Waals surface area contributed by atoms with Gasteiger partial charge in [0.1, 0.15) is 0 Å². The lowest BCUT2D eigenvalue weighted by molar-refractivity contribution is -0.139. The number of cyclic esters (lactones) is 1. The smallest absolute Gasteiger partial charge is 0.396 e. The Morgan fingerprint density at radius 1 is 1.40 bits per heavy atom. The molecule has 1 unspecified atom stereocenters. The lowest BCUT2D eigenvalue weighted by atomic mass is 10.2. The van der Waals surface area contributed by atoms with E-state index in [0.29, 0.717) is 6.61 Å². The number of esters is 1. The molecule has 0 fully saturated rings. The maximum Gasteiger partial charge on any atom is 0.396 e. The van der Waals surface area contributed by atoms with Crippen LogP contribution >= 0.6 is 0 Å². The molecule has 0 aliphatic carbocycles. The topological polar surface area (TPSA) is 47.9 Å². The molecule has 1 aromatic rings. The van der Waals surface area contributed by atoms with Gasteiger partial charge in [0, 0.05) is 5.56 Å². The minimum Gasteiger partial charge on any atom is -0.473 e. The van der Waals surface area contributed by atoms with Gasteiger partial charge in [0.15, 0.2) is 0 Å². The third-order valence-corrected chi connectivity index (χ3v) is 1.99. The number of benzene rings is 1. The van der Waals surface area contributed by atoms with Crippen LogP contribution in [0.1, 0.15) is 18.7 Å². The van der Waals surface area contributed by atoms with Gasteiger partial charge in [0.05, 0.1) is 6.61 Å². The van der Waals surface area contributed by atoms with E-state index < -0.39 is 12.2 Å². The summed E-state index contributed by atoms with van der Waals surface area (Å²) >= 11 is 0. The van der Waals surface area contributed by atoms with Gasteiger partial charge in [-0.3, -0.25) is 0 Å². The monoisotopic (exact) mass is 205 g/mol. The van der Waals surface area contributed by atoms with Crippen LogP contribution in [0.4, 0.5) is 0 Å². The summed E-state index contributed by atoms with van der Waals surface area (Å²) < 4.78 is 10.1. The van der Waals surface area contributed by atoms with Crippen molar-refractivity contribution in [3.8, 4) is 0 Å². The van der Waals surface area contributed by atoms with Crippen molar-refractivity contribution in [3.63, 3.8) is 0 Å². The molecule has 1 atom stereocenters. The molecular formula is C11H11NO3. The van der Waals surface area contributed by atoms with Crippen molar-refractivity contribution in [2.45, 2.75) is 13.2 Å². The van der Waals surface area contributed by atoms with Gasteiger partial charge in [-0.25, -0.2) is 4.79 Å². The average Bonchev–Trinajstić information content (AvgIpc) is 2.63. The fourth-order valence-corrected chi connectivity index (χ4v) is 1.33. The number of aliphatic imine (C=N–C) groups is 1. The number of hydrogen-bond acceptors (Lipinski definition) is 4. The predicted molar refractivity (Wildman–Crippen MR) is 54.3 cm³/mol. The van der Waals surface area contributed by atoms with Crippen molar-refractivity contribution in [1.82, 2.24) is 0 Å². The van der Waals surface area contributed by atoms with Gasteiger partial charge in [0.2, 0.25) is 6.23 Å². The Kier molecular flexibility index (Phi) is 2.67. The van der Waals surface area contributed by atoms with Crippen molar-refractivity contribution in [2.24, 2.45) is 4.99 Å². The van der Waals surface area contributed by atoms with Gasteiger partial charge in [-0.05, 0) is 6.92 Å². The molecule has 0 spiro atoms. The maximum absolute atomic E-state index is 11.3. The minimum atomic E-state index is -0.555. The van der Waals surface area contributed by atoms with Crippen LogP contribution in [0.5, 0.6) is 0 Å². The molecule has 4 nitrogen and oxygen atoms in total. The highest BCUT2D eigenvalue weighted by Crippen LogP contribution is 2.24. The van der Waals surface area contributed by atoms with E-state index in [9.17, 15) is 4.79 Å². The van der Waals surface area contributed by atoms with Crippen LogP contribution in [0.2, 0.25) is 0 Å². The van der Waals surface area contributed by atoms with E-state index in [4.69, 9.17) is 9.47 Å². The van der Waals surface area contributed by atoms with Gasteiger partial charge in [-0.1, -0.05) is 30.3 Å². The summed E-state index contributed by atoms with van der Waals surface area (Å²) in [5.41, 5.74) is 0.848. The second-order valence-electron chi connectivity index (χ2n) is 3.04. The number of nitrogens with zero attached hydrogens (tertiary/aromatic N) is 1. The van der Waals surface area contributed by atoms with Crippen LogP contribution in [0.25, 0.3) is 0 Å². The van der Waals surface area contributed by atoms with Crippen molar-refractivity contribution in [1.29, 1.82) is 0 Å². The lowest BCUT2D eigenvalue weighted by Gasteiger charge is -2.04. The van der Waals surface area contributed by atoms with Gasteiger partial charge in [0.25, 0.3) is 0 Å². The first-order chi connectivity index (χ1) is 7.31. The number of rotatable bonds is 2. The summed E-state index contributed by atoms with van der Waals surface area (Å²) in [7, 11) is 0. The van der Waals surface area contributed by atoms with Gasteiger partial charge in [-0.2, -0.15) is 4.99 Å². The third-order valence-electron chi connectivity index (χ3n) is 1.99. The minimum absolute atomic E-state index is 0.0614. The highest BCUT2D eigenvalue weighted by Gasteiger charge is 2.29. The summed E-state index contributed by atoms with van der Waals surface area (Å²) in [6.07, 6.45) is -0.555. The molecule has 1 aliphatic heterocycles. The largest absolute Gasteiger partial charge is 0.473 e. The molecule has 2 rings (SSSR count). The summed E-state index contributed by atoms with van der Waals surface area (Å²) in [6.45, 7) is 2.21. The van der Waals surface area contributed by atoms with E-state index in [1.807, 2.05) is 30.3 Å². The first-order valence-electron chi connectivity index (χ1n) is 4.78. The Morgan fingerprint density at radius 3 is 2.80 bits per heavy atom. The molecule has 15 heavy (non-hydrogen) atoms. The van der Waals surface area contributed by atoms with E-state index in [1.165, 1.54) is 0 Å². The molecule has 0 radical (unpaired) electrons. The molecule has 1 heterocycles. The zero-order valence-electron chi connectivity index (χ0n) is 8.34. The molecule has 4 heteroatoms. The van der Waals surface area contributed by atoms with Gasteiger partial charge >= 0.3 is 11.9 Å². The number of ether oxygens (including phenoxy) is 2. The lowest BCUT2D eigenvalue weighted by Crippen LogP contribution is -2.13. The van der Waals surface area contributed by atoms with Crippen LogP contribution in [-0.2, 0) is 14.3 Å². The second kappa shape index (κ2) is 4.13. The average molecular weight is 205 g/mol. The van der Waals surface area contributed by atoms with Crippen molar-refractivity contribution in [3.05, 3.63) is 35.9 Å². The van der Waals surface area contributed by atoms with Crippen molar-refractivity contribution < 1.29 is 14.3 Å². The zero-order chi connectivity index (χ0) is 10.7. The Labute approximate surface area is 87.5 Å². The molecule has 1 aromatic carbocycles. The van der Waals surface area contributed by atoms with E-state index in [2.05, 4.69) is 4.99 Å².